The van der Waals surface area contributed by atoms with Gasteiger partial charge in [0.15, 0.2) is 6.10 Å². The Bertz CT molecular complexity index is 414. The second kappa shape index (κ2) is 4.95. The van der Waals surface area contributed by atoms with E-state index in [0.29, 0.717) is 5.56 Å². The number of carbonyl (C=O) groups is 1. The molecule has 0 aliphatic heterocycles. The molecule has 0 aromatic heterocycles. The first-order chi connectivity index (χ1) is 7.85. The summed E-state index contributed by atoms with van der Waals surface area (Å²) in [6.07, 6.45) is -0.892. The summed E-state index contributed by atoms with van der Waals surface area (Å²) in [7, 11) is 0. The molecular weight excluding hydrogens is 222 g/mol. The van der Waals surface area contributed by atoms with Gasteiger partial charge in [-0.3, -0.25) is 14.9 Å². The highest BCUT2D eigenvalue weighted by Crippen LogP contribution is 2.31. The highest BCUT2D eigenvalue weighted by atomic mass is 16.6. The van der Waals surface area contributed by atoms with Crippen LogP contribution in [0.1, 0.15) is 32.4 Å². The molecule has 5 heteroatoms. The highest BCUT2D eigenvalue weighted by Gasteiger charge is 2.44. The zero-order chi connectivity index (χ0) is 13.1. The van der Waals surface area contributed by atoms with Gasteiger partial charge in [-0.05, 0) is 5.56 Å². The molecule has 0 bridgehead atoms. The number of rotatable bonds is 4. The second-order valence-electron chi connectivity index (χ2n) is 4.31. The standard InChI is InChI=1S/C12H15NO4/c1-9(14)17-11(12(2,3)13(15)16)10-7-5-4-6-8-10/h4-8,11H,1-3H3/t11-/m1/s1. The van der Waals surface area contributed by atoms with E-state index < -0.39 is 22.5 Å². The van der Waals surface area contributed by atoms with Crippen molar-refractivity contribution in [1.82, 2.24) is 0 Å². The van der Waals surface area contributed by atoms with E-state index in [2.05, 4.69) is 0 Å². The third-order valence-electron chi connectivity index (χ3n) is 2.50. The Hall–Kier alpha value is -1.91. The van der Waals surface area contributed by atoms with Gasteiger partial charge in [-0.2, -0.15) is 0 Å². The maximum absolute atomic E-state index is 11.1. The quantitative estimate of drug-likeness (QED) is 0.458. The largest absolute Gasteiger partial charge is 0.450 e. The zero-order valence-corrected chi connectivity index (χ0v) is 10.0. The fourth-order valence-electron chi connectivity index (χ4n) is 1.51. The zero-order valence-electron chi connectivity index (χ0n) is 10.0. The Morgan fingerprint density at radius 2 is 1.88 bits per heavy atom. The predicted molar refractivity (Wildman–Crippen MR) is 62.0 cm³/mol. The van der Waals surface area contributed by atoms with Crippen molar-refractivity contribution in [1.29, 1.82) is 0 Å². The van der Waals surface area contributed by atoms with Crippen molar-refractivity contribution in [3.8, 4) is 0 Å². The topological polar surface area (TPSA) is 69.4 Å². The molecule has 0 saturated heterocycles. The smallest absolute Gasteiger partial charge is 0.303 e. The molecule has 0 fully saturated rings. The lowest BCUT2D eigenvalue weighted by molar-refractivity contribution is -0.574. The lowest BCUT2D eigenvalue weighted by Crippen LogP contribution is -2.40. The van der Waals surface area contributed by atoms with Crippen molar-refractivity contribution in [2.24, 2.45) is 0 Å². The van der Waals surface area contributed by atoms with Crippen LogP contribution in [0.5, 0.6) is 0 Å². The average Bonchev–Trinajstić information content (AvgIpc) is 2.26. The van der Waals surface area contributed by atoms with Crippen LogP contribution in [0.15, 0.2) is 30.3 Å². The van der Waals surface area contributed by atoms with E-state index in [1.807, 2.05) is 0 Å². The van der Waals surface area contributed by atoms with Gasteiger partial charge in [-0.1, -0.05) is 30.3 Å². The predicted octanol–water partition coefficient (Wildman–Crippen LogP) is 2.35. The molecule has 0 radical (unpaired) electrons. The van der Waals surface area contributed by atoms with Crippen LogP contribution in [0.4, 0.5) is 0 Å². The Morgan fingerprint density at radius 1 is 1.35 bits per heavy atom. The third kappa shape index (κ3) is 3.03. The van der Waals surface area contributed by atoms with Gasteiger partial charge in [-0.15, -0.1) is 0 Å². The monoisotopic (exact) mass is 237 g/mol. The van der Waals surface area contributed by atoms with Crippen molar-refractivity contribution in [3.63, 3.8) is 0 Å². The van der Waals surface area contributed by atoms with Crippen LogP contribution in [0.3, 0.4) is 0 Å². The van der Waals surface area contributed by atoms with E-state index in [1.165, 1.54) is 20.8 Å². The van der Waals surface area contributed by atoms with E-state index in [0.717, 1.165) is 0 Å². The van der Waals surface area contributed by atoms with Gasteiger partial charge < -0.3 is 4.74 Å². The number of nitro groups is 1. The van der Waals surface area contributed by atoms with Gasteiger partial charge in [-0.25, -0.2) is 0 Å². The van der Waals surface area contributed by atoms with Crippen LogP contribution in [-0.2, 0) is 9.53 Å². The van der Waals surface area contributed by atoms with E-state index in [4.69, 9.17) is 4.74 Å². The molecule has 92 valence electrons. The summed E-state index contributed by atoms with van der Waals surface area (Å²) in [6, 6.07) is 8.72. The first-order valence-electron chi connectivity index (χ1n) is 5.22. The number of hydrogen-bond donors (Lipinski definition) is 0. The van der Waals surface area contributed by atoms with E-state index in [-0.39, 0.29) is 0 Å². The van der Waals surface area contributed by atoms with Crippen LogP contribution in [0, 0.1) is 10.1 Å². The molecule has 1 aromatic rings. The number of nitrogens with zero attached hydrogens (tertiary/aromatic N) is 1. The minimum absolute atomic E-state index is 0.437. The number of esters is 1. The van der Waals surface area contributed by atoms with Crippen LogP contribution in [0.25, 0.3) is 0 Å². The number of benzene rings is 1. The maximum Gasteiger partial charge on any atom is 0.303 e. The molecule has 0 amide bonds. The normalized spacial score (nSPS) is 12.9. The highest BCUT2D eigenvalue weighted by molar-refractivity contribution is 5.66. The first kappa shape index (κ1) is 13.2. The molecule has 17 heavy (non-hydrogen) atoms. The molecule has 5 nitrogen and oxygen atoms in total. The van der Waals surface area contributed by atoms with E-state index in [9.17, 15) is 14.9 Å². The van der Waals surface area contributed by atoms with Crippen molar-refractivity contribution in [2.75, 3.05) is 0 Å². The molecule has 0 saturated carbocycles. The fraction of sp³-hybridized carbons (Fsp3) is 0.417. The molecule has 0 spiro atoms. The first-order valence-corrected chi connectivity index (χ1v) is 5.22. The molecule has 1 rings (SSSR count). The number of carbonyl (C=O) groups excluding carboxylic acids is 1. The van der Waals surface area contributed by atoms with Crippen LogP contribution in [-0.4, -0.2) is 16.4 Å². The van der Waals surface area contributed by atoms with Crippen LogP contribution in [0.2, 0.25) is 0 Å². The summed E-state index contributed by atoms with van der Waals surface area (Å²) in [5, 5.41) is 11.0. The number of hydrogen-bond acceptors (Lipinski definition) is 4. The van der Waals surface area contributed by atoms with Gasteiger partial charge in [0.2, 0.25) is 0 Å². The molecule has 0 aliphatic carbocycles. The van der Waals surface area contributed by atoms with Crippen molar-refractivity contribution in [2.45, 2.75) is 32.4 Å². The maximum atomic E-state index is 11.1. The Kier molecular flexibility index (Phi) is 3.83. The molecule has 0 aliphatic rings. The summed E-state index contributed by atoms with van der Waals surface area (Å²) in [5.41, 5.74) is -0.753. The molecule has 1 atom stereocenters. The van der Waals surface area contributed by atoms with Crippen LogP contribution < -0.4 is 0 Å². The Labute approximate surface area is 99.5 Å². The Balaban J connectivity index is 3.13. The van der Waals surface area contributed by atoms with Crippen LogP contribution >= 0.6 is 0 Å². The van der Waals surface area contributed by atoms with Crippen molar-refractivity contribution >= 4 is 5.97 Å². The van der Waals surface area contributed by atoms with Gasteiger partial charge in [0, 0.05) is 25.7 Å². The molecule has 1 aromatic carbocycles. The van der Waals surface area contributed by atoms with Gasteiger partial charge in [0.25, 0.3) is 5.54 Å². The molecule has 0 N–H and O–H groups in total. The SMILES string of the molecule is CC(=O)O[C@H](c1ccccc1)C(C)(C)[N+](=O)[O-]. The van der Waals surface area contributed by atoms with Crippen molar-refractivity contribution in [3.05, 3.63) is 46.0 Å². The minimum Gasteiger partial charge on any atom is -0.450 e. The van der Waals surface area contributed by atoms with E-state index >= 15 is 0 Å². The van der Waals surface area contributed by atoms with E-state index in [1.54, 1.807) is 30.3 Å². The fourth-order valence-corrected chi connectivity index (χ4v) is 1.51. The van der Waals surface area contributed by atoms with Gasteiger partial charge in [0.05, 0.1) is 0 Å². The molecule has 0 unspecified atom stereocenters. The summed E-state index contributed by atoms with van der Waals surface area (Å²) < 4.78 is 5.08. The summed E-state index contributed by atoms with van der Waals surface area (Å²) in [4.78, 5) is 21.6. The summed E-state index contributed by atoms with van der Waals surface area (Å²) in [5.74, 6) is -0.534. The average molecular weight is 237 g/mol. The van der Waals surface area contributed by atoms with Gasteiger partial charge in [0.1, 0.15) is 0 Å². The lowest BCUT2D eigenvalue weighted by atomic mass is 9.92. The summed E-state index contributed by atoms with van der Waals surface area (Å²) >= 11 is 0. The molecular formula is C12H15NO4. The van der Waals surface area contributed by atoms with Gasteiger partial charge >= 0.3 is 5.97 Å². The summed E-state index contributed by atoms with van der Waals surface area (Å²) in [6.45, 7) is 4.12. The number of ether oxygens (including phenoxy) is 1. The lowest BCUT2D eigenvalue weighted by Gasteiger charge is -2.26. The third-order valence-corrected chi connectivity index (χ3v) is 2.50. The van der Waals surface area contributed by atoms with Crippen molar-refractivity contribution < 1.29 is 14.5 Å². The second-order valence-corrected chi connectivity index (χ2v) is 4.31. The molecule has 0 heterocycles. The minimum atomic E-state index is -1.37. The Morgan fingerprint density at radius 3 is 2.29 bits per heavy atom.